The number of hydrogen-bond acceptors (Lipinski definition) is 2. The van der Waals surface area contributed by atoms with Crippen LogP contribution in [0.15, 0.2) is 11.8 Å². The van der Waals surface area contributed by atoms with Crippen LogP contribution in [0.25, 0.3) is 0 Å². The average molecular weight is 143 g/mol. The summed E-state index contributed by atoms with van der Waals surface area (Å²) in [5.74, 6) is 0. The summed E-state index contributed by atoms with van der Waals surface area (Å²) in [6.07, 6.45) is 1.96. The first-order chi connectivity index (χ1) is 4.45. The van der Waals surface area contributed by atoms with Gasteiger partial charge in [-0.05, 0) is 34.6 Å². The highest BCUT2D eigenvalue weighted by molar-refractivity contribution is 4.89. The summed E-state index contributed by atoms with van der Waals surface area (Å²) in [7, 11) is 0. The molecule has 0 aromatic carbocycles. The lowest BCUT2D eigenvalue weighted by atomic mass is 10.2. The van der Waals surface area contributed by atoms with Crippen LogP contribution in [0.3, 0.4) is 0 Å². The molecule has 60 valence electrons. The minimum Gasteiger partial charge on any atom is -0.271 e. The molecule has 0 atom stereocenters. The van der Waals surface area contributed by atoms with Gasteiger partial charge in [0.25, 0.3) is 0 Å². The highest BCUT2D eigenvalue weighted by Gasteiger charge is 2.09. The molecule has 1 N–H and O–H groups in total. The van der Waals surface area contributed by atoms with E-state index in [4.69, 9.17) is 4.84 Å². The maximum Gasteiger partial charge on any atom is 0.0876 e. The average Bonchev–Trinajstić information content (AvgIpc) is 1.81. The fourth-order valence-corrected chi connectivity index (χ4v) is 0.293. The molecule has 0 heterocycles. The molecule has 0 aromatic rings. The lowest BCUT2D eigenvalue weighted by Crippen LogP contribution is -2.27. The number of nitrogens with one attached hydrogen (secondary N) is 1. The van der Waals surface area contributed by atoms with Gasteiger partial charge in [-0.1, -0.05) is 6.08 Å². The van der Waals surface area contributed by atoms with Crippen molar-refractivity contribution in [2.24, 2.45) is 0 Å². The van der Waals surface area contributed by atoms with Gasteiger partial charge in [0.1, 0.15) is 0 Å². The predicted octanol–water partition coefficient (Wildman–Crippen LogP) is 2.23. The van der Waals surface area contributed by atoms with Crippen molar-refractivity contribution in [3.63, 3.8) is 0 Å². The second kappa shape index (κ2) is 3.62. The molecular weight excluding hydrogens is 126 g/mol. The molecule has 0 radical (unpaired) electrons. The van der Waals surface area contributed by atoms with E-state index in [1.165, 1.54) is 0 Å². The first-order valence-corrected chi connectivity index (χ1v) is 3.52. The Hall–Kier alpha value is -0.500. The zero-order valence-corrected chi connectivity index (χ0v) is 7.49. The molecule has 0 amide bonds. The van der Waals surface area contributed by atoms with Gasteiger partial charge in [-0.25, -0.2) is 0 Å². The van der Waals surface area contributed by atoms with Gasteiger partial charge in [0.2, 0.25) is 0 Å². The molecule has 0 unspecified atom stereocenters. The van der Waals surface area contributed by atoms with E-state index in [1.54, 1.807) is 0 Å². The summed E-state index contributed by atoms with van der Waals surface area (Å²) in [4.78, 5) is 5.26. The molecular formula is C8H17NO. The molecule has 0 aliphatic heterocycles. The van der Waals surface area contributed by atoms with Crippen LogP contribution < -0.4 is 5.48 Å². The van der Waals surface area contributed by atoms with Gasteiger partial charge in [0, 0.05) is 5.70 Å². The van der Waals surface area contributed by atoms with Crippen molar-refractivity contribution in [3.8, 4) is 0 Å². The van der Waals surface area contributed by atoms with E-state index < -0.39 is 0 Å². The van der Waals surface area contributed by atoms with Crippen LogP contribution in [-0.4, -0.2) is 5.60 Å². The summed E-state index contributed by atoms with van der Waals surface area (Å²) in [6.45, 7) is 9.94. The van der Waals surface area contributed by atoms with E-state index >= 15 is 0 Å². The number of hydrogen-bond donors (Lipinski definition) is 1. The Bertz CT molecular complexity index is 122. The smallest absolute Gasteiger partial charge is 0.0876 e. The summed E-state index contributed by atoms with van der Waals surface area (Å²) in [5.41, 5.74) is 3.75. The zero-order valence-electron chi connectivity index (χ0n) is 7.49. The Labute approximate surface area is 63.2 Å². The van der Waals surface area contributed by atoms with E-state index in [2.05, 4.69) is 5.48 Å². The molecule has 0 fully saturated rings. The molecule has 0 aromatic heterocycles. The van der Waals surface area contributed by atoms with Gasteiger partial charge in [0.15, 0.2) is 0 Å². The Morgan fingerprint density at radius 2 is 1.90 bits per heavy atom. The quantitative estimate of drug-likeness (QED) is 0.598. The van der Waals surface area contributed by atoms with Gasteiger partial charge in [-0.2, -0.15) is 0 Å². The fourth-order valence-electron chi connectivity index (χ4n) is 0.293. The van der Waals surface area contributed by atoms with Crippen molar-refractivity contribution < 1.29 is 4.84 Å². The lowest BCUT2D eigenvalue weighted by Gasteiger charge is -2.19. The van der Waals surface area contributed by atoms with Gasteiger partial charge in [-0.3, -0.25) is 10.3 Å². The third-order valence-corrected chi connectivity index (χ3v) is 0.951. The number of hydroxylamine groups is 1. The first-order valence-electron chi connectivity index (χ1n) is 3.52. The number of rotatable bonds is 2. The molecule has 10 heavy (non-hydrogen) atoms. The maximum atomic E-state index is 5.26. The van der Waals surface area contributed by atoms with Crippen LogP contribution >= 0.6 is 0 Å². The Morgan fingerprint density at radius 3 is 2.20 bits per heavy atom. The van der Waals surface area contributed by atoms with Crippen molar-refractivity contribution >= 4 is 0 Å². The molecule has 0 rings (SSSR count). The Kier molecular flexibility index (Phi) is 3.43. The largest absolute Gasteiger partial charge is 0.271 e. The minimum atomic E-state index is -0.121. The van der Waals surface area contributed by atoms with Crippen LogP contribution in [0, 0.1) is 0 Å². The highest BCUT2D eigenvalue weighted by atomic mass is 16.7. The predicted molar refractivity (Wildman–Crippen MR) is 43.4 cm³/mol. The fraction of sp³-hybridized carbons (Fsp3) is 0.750. The van der Waals surface area contributed by atoms with Crippen LogP contribution in [0.5, 0.6) is 0 Å². The van der Waals surface area contributed by atoms with Crippen molar-refractivity contribution in [3.05, 3.63) is 11.8 Å². The van der Waals surface area contributed by atoms with Crippen molar-refractivity contribution in [2.45, 2.75) is 40.2 Å². The van der Waals surface area contributed by atoms with Crippen LogP contribution in [0.1, 0.15) is 34.6 Å². The van der Waals surface area contributed by atoms with E-state index in [0.29, 0.717) is 0 Å². The summed E-state index contributed by atoms with van der Waals surface area (Å²) >= 11 is 0. The Morgan fingerprint density at radius 1 is 1.40 bits per heavy atom. The van der Waals surface area contributed by atoms with E-state index in [9.17, 15) is 0 Å². The van der Waals surface area contributed by atoms with Crippen molar-refractivity contribution in [1.29, 1.82) is 0 Å². The first kappa shape index (κ1) is 9.50. The van der Waals surface area contributed by atoms with Crippen molar-refractivity contribution in [2.75, 3.05) is 0 Å². The third kappa shape index (κ3) is 5.63. The second-order valence-electron chi connectivity index (χ2n) is 3.29. The normalized spacial score (nSPS) is 13.5. The van der Waals surface area contributed by atoms with E-state index in [1.807, 2.05) is 40.7 Å². The SMILES string of the molecule is CC=C(C)NOC(C)(C)C. The minimum absolute atomic E-state index is 0.121. The summed E-state index contributed by atoms with van der Waals surface area (Å²) < 4.78 is 0. The molecule has 0 spiro atoms. The third-order valence-electron chi connectivity index (χ3n) is 0.951. The van der Waals surface area contributed by atoms with E-state index in [-0.39, 0.29) is 5.60 Å². The molecule has 0 saturated carbocycles. The zero-order chi connectivity index (χ0) is 8.20. The number of allylic oxidation sites excluding steroid dienone is 2. The lowest BCUT2D eigenvalue weighted by molar-refractivity contribution is -0.0577. The molecule has 0 aliphatic rings. The molecule has 2 heteroatoms. The standard InChI is InChI=1S/C8H17NO/c1-6-7(2)9-10-8(3,4)5/h6,9H,1-5H3. The molecule has 0 saturated heterocycles. The monoisotopic (exact) mass is 143 g/mol. The summed E-state index contributed by atoms with van der Waals surface area (Å²) in [6, 6.07) is 0. The summed E-state index contributed by atoms with van der Waals surface area (Å²) in [5, 5.41) is 0. The molecule has 0 aliphatic carbocycles. The van der Waals surface area contributed by atoms with Crippen LogP contribution in [-0.2, 0) is 4.84 Å². The van der Waals surface area contributed by atoms with Crippen LogP contribution in [0.4, 0.5) is 0 Å². The Balaban J connectivity index is 3.56. The molecule has 2 nitrogen and oxygen atoms in total. The second-order valence-corrected chi connectivity index (χ2v) is 3.29. The van der Waals surface area contributed by atoms with Gasteiger partial charge in [-0.15, -0.1) is 0 Å². The topological polar surface area (TPSA) is 21.3 Å². The molecule has 0 bridgehead atoms. The van der Waals surface area contributed by atoms with E-state index in [0.717, 1.165) is 5.70 Å². The van der Waals surface area contributed by atoms with Crippen molar-refractivity contribution in [1.82, 2.24) is 5.48 Å². The van der Waals surface area contributed by atoms with Gasteiger partial charge >= 0.3 is 0 Å². The van der Waals surface area contributed by atoms with Crippen LogP contribution in [0.2, 0.25) is 0 Å². The highest BCUT2D eigenvalue weighted by Crippen LogP contribution is 2.04. The van der Waals surface area contributed by atoms with Gasteiger partial charge < -0.3 is 0 Å². The van der Waals surface area contributed by atoms with Gasteiger partial charge in [0.05, 0.1) is 5.60 Å². The maximum absolute atomic E-state index is 5.26.